The molecular formula is C16H21ClN2O. The molecule has 0 unspecified atom stereocenters. The van der Waals surface area contributed by atoms with Crippen LogP contribution in [-0.4, -0.2) is 28.6 Å². The molecule has 0 spiro atoms. The van der Waals surface area contributed by atoms with Crippen molar-refractivity contribution < 1.29 is 4.74 Å². The normalized spacial score (nSPS) is 15.1. The predicted octanol–water partition coefficient (Wildman–Crippen LogP) is 3.55. The summed E-state index contributed by atoms with van der Waals surface area (Å²) in [6.45, 7) is 4.63. The molecule has 2 aromatic rings. The molecule has 0 radical (unpaired) electrons. The number of rotatable bonds is 7. The molecular weight excluding hydrogens is 272 g/mol. The SMILES string of the molecule is Cc1cccc2c1nc(CCCl)n2CCOCC1CC1. The van der Waals surface area contributed by atoms with Crippen LogP contribution in [-0.2, 0) is 17.7 Å². The van der Waals surface area contributed by atoms with E-state index < -0.39 is 0 Å². The highest BCUT2D eigenvalue weighted by Gasteiger charge is 2.21. The molecule has 1 aliphatic carbocycles. The number of aromatic nitrogens is 2. The lowest BCUT2D eigenvalue weighted by Gasteiger charge is -2.09. The van der Waals surface area contributed by atoms with Crippen molar-refractivity contribution in [3.05, 3.63) is 29.6 Å². The van der Waals surface area contributed by atoms with E-state index in [4.69, 9.17) is 21.3 Å². The van der Waals surface area contributed by atoms with Crippen LogP contribution in [0.25, 0.3) is 11.0 Å². The van der Waals surface area contributed by atoms with E-state index in [-0.39, 0.29) is 0 Å². The van der Waals surface area contributed by atoms with E-state index in [1.807, 2.05) is 0 Å². The molecule has 0 N–H and O–H groups in total. The molecule has 3 nitrogen and oxygen atoms in total. The Hall–Kier alpha value is -1.06. The number of alkyl halides is 1. The number of para-hydroxylation sites is 1. The number of hydrogen-bond acceptors (Lipinski definition) is 2. The minimum absolute atomic E-state index is 0.602. The van der Waals surface area contributed by atoms with Gasteiger partial charge in [0.2, 0.25) is 0 Å². The van der Waals surface area contributed by atoms with Crippen LogP contribution in [0.15, 0.2) is 18.2 Å². The number of benzene rings is 1. The maximum absolute atomic E-state index is 5.90. The minimum Gasteiger partial charge on any atom is -0.379 e. The Morgan fingerprint density at radius 1 is 1.40 bits per heavy atom. The monoisotopic (exact) mass is 292 g/mol. The zero-order valence-corrected chi connectivity index (χ0v) is 12.7. The standard InChI is InChI=1S/C16H21ClN2O/c1-12-3-2-4-14-16(12)18-15(7-8-17)19(14)9-10-20-11-13-5-6-13/h2-4,13H,5-11H2,1H3. The number of nitrogens with zero attached hydrogens (tertiary/aromatic N) is 2. The van der Waals surface area contributed by atoms with Crippen molar-refractivity contribution in [2.75, 3.05) is 19.1 Å². The fraction of sp³-hybridized carbons (Fsp3) is 0.562. The van der Waals surface area contributed by atoms with E-state index in [9.17, 15) is 0 Å². The number of fused-ring (bicyclic) bond motifs is 1. The van der Waals surface area contributed by atoms with E-state index in [1.54, 1.807) is 0 Å². The first-order valence-electron chi connectivity index (χ1n) is 7.38. The van der Waals surface area contributed by atoms with Gasteiger partial charge in [-0.2, -0.15) is 0 Å². The number of hydrogen-bond donors (Lipinski definition) is 0. The van der Waals surface area contributed by atoms with Gasteiger partial charge in [-0.1, -0.05) is 12.1 Å². The minimum atomic E-state index is 0.602. The van der Waals surface area contributed by atoms with Gasteiger partial charge >= 0.3 is 0 Å². The van der Waals surface area contributed by atoms with Gasteiger partial charge in [0.1, 0.15) is 5.82 Å². The molecule has 1 aliphatic rings. The molecule has 0 saturated heterocycles. The smallest absolute Gasteiger partial charge is 0.111 e. The quantitative estimate of drug-likeness (QED) is 0.576. The summed E-state index contributed by atoms with van der Waals surface area (Å²) in [6.07, 6.45) is 3.48. The van der Waals surface area contributed by atoms with E-state index in [0.29, 0.717) is 5.88 Å². The van der Waals surface area contributed by atoms with Gasteiger partial charge in [-0.25, -0.2) is 4.98 Å². The Bertz CT molecular complexity index is 589. The van der Waals surface area contributed by atoms with Crippen molar-refractivity contribution in [1.82, 2.24) is 9.55 Å². The summed E-state index contributed by atoms with van der Waals surface area (Å²) in [4.78, 5) is 4.75. The van der Waals surface area contributed by atoms with Crippen LogP contribution >= 0.6 is 11.6 Å². The summed E-state index contributed by atoms with van der Waals surface area (Å²) in [7, 11) is 0. The molecule has 20 heavy (non-hydrogen) atoms. The van der Waals surface area contributed by atoms with Crippen molar-refractivity contribution in [3.8, 4) is 0 Å². The van der Waals surface area contributed by atoms with Crippen molar-refractivity contribution in [2.45, 2.75) is 32.7 Å². The van der Waals surface area contributed by atoms with Crippen LogP contribution in [0.5, 0.6) is 0 Å². The molecule has 0 aliphatic heterocycles. The maximum Gasteiger partial charge on any atom is 0.111 e. The molecule has 0 atom stereocenters. The highest BCUT2D eigenvalue weighted by atomic mass is 35.5. The van der Waals surface area contributed by atoms with Crippen LogP contribution in [0.4, 0.5) is 0 Å². The largest absolute Gasteiger partial charge is 0.379 e. The fourth-order valence-electron chi connectivity index (χ4n) is 2.55. The topological polar surface area (TPSA) is 27.1 Å². The highest BCUT2D eigenvalue weighted by Crippen LogP contribution is 2.28. The van der Waals surface area contributed by atoms with E-state index in [0.717, 1.165) is 43.4 Å². The second-order valence-electron chi connectivity index (χ2n) is 5.58. The highest BCUT2D eigenvalue weighted by molar-refractivity contribution is 6.17. The van der Waals surface area contributed by atoms with Crippen molar-refractivity contribution in [2.24, 2.45) is 5.92 Å². The van der Waals surface area contributed by atoms with Gasteiger partial charge in [0.25, 0.3) is 0 Å². The third-order valence-corrected chi connectivity index (χ3v) is 4.08. The molecule has 0 amide bonds. The van der Waals surface area contributed by atoms with Crippen molar-refractivity contribution >= 4 is 22.6 Å². The van der Waals surface area contributed by atoms with Gasteiger partial charge < -0.3 is 9.30 Å². The van der Waals surface area contributed by atoms with Crippen molar-refractivity contribution in [1.29, 1.82) is 0 Å². The average molecular weight is 293 g/mol. The number of halogens is 1. The molecule has 0 bridgehead atoms. The lowest BCUT2D eigenvalue weighted by molar-refractivity contribution is 0.117. The Morgan fingerprint density at radius 3 is 3.00 bits per heavy atom. The number of aryl methyl sites for hydroxylation is 2. The molecule has 1 saturated carbocycles. The second kappa shape index (κ2) is 6.15. The fourth-order valence-corrected chi connectivity index (χ4v) is 2.72. The summed E-state index contributed by atoms with van der Waals surface area (Å²) in [5.41, 5.74) is 3.51. The zero-order chi connectivity index (χ0) is 13.9. The lowest BCUT2D eigenvalue weighted by Crippen LogP contribution is -2.11. The maximum atomic E-state index is 5.90. The van der Waals surface area contributed by atoms with Crippen molar-refractivity contribution in [3.63, 3.8) is 0 Å². The van der Waals surface area contributed by atoms with Gasteiger partial charge in [0.15, 0.2) is 0 Å². The van der Waals surface area contributed by atoms with Crippen LogP contribution in [0.2, 0.25) is 0 Å². The van der Waals surface area contributed by atoms with Crippen LogP contribution in [0.1, 0.15) is 24.2 Å². The molecule has 3 rings (SSSR count). The summed E-state index contributed by atoms with van der Waals surface area (Å²) in [5, 5.41) is 0. The average Bonchev–Trinajstić information content (AvgIpc) is 3.19. The number of imidazole rings is 1. The Kier molecular flexibility index (Phi) is 4.27. The molecule has 108 valence electrons. The lowest BCUT2D eigenvalue weighted by atomic mass is 10.2. The third kappa shape index (κ3) is 2.99. The first kappa shape index (κ1) is 13.9. The summed E-state index contributed by atoms with van der Waals surface area (Å²) in [5.74, 6) is 2.49. The Labute approximate surface area is 124 Å². The van der Waals surface area contributed by atoms with Crippen LogP contribution < -0.4 is 0 Å². The van der Waals surface area contributed by atoms with E-state index in [2.05, 4.69) is 29.7 Å². The van der Waals surface area contributed by atoms with Crippen LogP contribution in [0.3, 0.4) is 0 Å². The van der Waals surface area contributed by atoms with Gasteiger partial charge in [0.05, 0.1) is 17.6 Å². The van der Waals surface area contributed by atoms with Gasteiger partial charge in [-0.15, -0.1) is 11.6 Å². The van der Waals surface area contributed by atoms with Gasteiger partial charge in [-0.3, -0.25) is 0 Å². The first-order chi connectivity index (χ1) is 9.79. The van der Waals surface area contributed by atoms with Gasteiger partial charge in [0, 0.05) is 25.5 Å². The molecule has 4 heteroatoms. The van der Waals surface area contributed by atoms with E-state index >= 15 is 0 Å². The summed E-state index contributed by atoms with van der Waals surface area (Å²) in [6, 6.07) is 6.33. The predicted molar refractivity (Wildman–Crippen MR) is 82.4 cm³/mol. The molecule has 1 aromatic heterocycles. The molecule has 1 aromatic carbocycles. The second-order valence-corrected chi connectivity index (χ2v) is 5.96. The van der Waals surface area contributed by atoms with Gasteiger partial charge in [-0.05, 0) is 37.3 Å². The number of ether oxygens (including phenoxy) is 1. The molecule has 1 fully saturated rings. The first-order valence-corrected chi connectivity index (χ1v) is 7.91. The van der Waals surface area contributed by atoms with E-state index in [1.165, 1.54) is 23.9 Å². The third-order valence-electron chi connectivity index (χ3n) is 3.89. The Balaban J connectivity index is 1.78. The summed E-state index contributed by atoms with van der Waals surface area (Å²) < 4.78 is 8.02. The zero-order valence-electron chi connectivity index (χ0n) is 11.9. The van der Waals surface area contributed by atoms with Crippen LogP contribution in [0, 0.1) is 12.8 Å². The summed E-state index contributed by atoms with van der Waals surface area (Å²) >= 11 is 5.90. The Morgan fingerprint density at radius 2 is 2.25 bits per heavy atom. The molecule has 1 heterocycles.